The van der Waals surface area contributed by atoms with Crippen LogP contribution in [0.5, 0.6) is 0 Å². The normalized spacial score (nSPS) is 13.1. The van der Waals surface area contributed by atoms with E-state index >= 15 is 0 Å². The first-order valence-electron chi connectivity index (χ1n) is 9.45. The highest BCUT2D eigenvalue weighted by molar-refractivity contribution is 7.09. The fraction of sp³-hybridized carbons (Fsp3) is 0.455. The van der Waals surface area contributed by atoms with E-state index in [0.29, 0.717) is 6.42 Å². The first-order valence-corrected chi connectivity index (χ1v) is 10.3. The van der Waals surface area contributed by atoms with E-state index in [9.17, 15) is 4.79 Å². The zero-order valence-electron chi connectivity index (χ0n) is 16.8. The number of hydrogen-bond donors (Lipinski definition) is 1. The average molecular weight is 385 g/mol. The highest BCUT2D eigenvalue weighted by atomic mass is 32.1. The minimum Gasteiger partial charge on any atom is -0.469 e. The standard InChI is InChI=1S/C22H28N2O2S/c1-6-22(3,4)11-16-12-23-18-8-7-15(10-17(16)18)19-13-27-20(24-19)9-14(2)21(25)26-5/h7-8,10,12-14,23H,6,9,11H2,1-5H3/t14-/m0/s1. The molecule has 0 unspecified atom stereocenters. The topological polar surface area (TPSA) is 55.0 Å². The summed E-state index contributed by atoms with van der Waals surface area (Å²) in [6, 6.07) is 6.47. The minimum atomic E-state index is -0.191. The largest absolute Gasteiger partial charge is 0.469 e. The van der Waals surface area contributed by atoms with Gasteiger partial charge in [-0.15, -0.1) is 11.3 Å². The second kappa shape index (κ2) is 7.85. The van der Waals surface area contributed by atoms with Gasteiger partial charge in [0.15, 0.2) is 0 Å². The molecule has 0 aliphatic heterocycles. The first kappa shape index (κ1) is 19.6. The van der Waals surface area contributed by atoms with Crippen LogP contribution in [0.25, 0.3) is 22.2 Å². The Balaban J connectivity index is 1.86. The zero-order valence-corrected chi connectivity index (χ0v) is 17.6. The number of carbonyl (C=O) groups excluding carboxylic acids is 1. The third-order valence-corrected chi connectivity index (χ3v) is 6.20. The molecule has 0 aliphatic carbocycles. The predicted octanol–water partition coefficient (Wildman–Crippen LogP) is 5.62. The number of esters is 1. The van der Waals surface area contributed by atoms with Crippen LogP contribution in [0, 0.1) is 11.3 Å². The molecule has 0 radical (unpaired) electrons. The third-order valence-electron chi connectivity index (χ3n) is 5.33. The molecule has 5 heteroatoms. The van der Waals surface area contributed by atoms with E-state index in [1.807, 2.05) is 6.92 Å². The molecule has 0 aliphatic rings. The molecule has 2 heterocycles. The Labute approximate surface area is 165 Å². The van der Waals surface area contributed by atoms with Gasteiger partial charge in [-0.3, -0.25) is 4.79 Å². The molecule has 3 rings (SSSR count). The number of aromatic amines is 1. The number of benzene rings is 1. The Bertz CT molecular complexity index is 939. The number of hydrogen-bond acceptors (Lipinski definition) is 4. The number of rotatable bonds is 7. The zero-order chi connectivity index (χ0) is 19.6. The molecule has 144 valence electrons. The summed E-state index contributed by atoms with van der Waals surface area (Å²) in [5.41, 5.74) is 4.88. The number of aromatic nitrogens is 2. The number of carbonyl (C=O) groups is 1. The summed E-state index contributed by atoms with van der Waals surface area (Å²) in [5.74, 6) is -0.368. The molecule has 1 atom stereocenters. The van der Waals surface area contributed by atoms with Crippen LogP contribution >= 0.6 is 11.3 Å². The van der Waals surface area contributed by atoms with Crippen molar-refractivity contribution >= 4 is 28.2 Å². The van der Waals surface area contributed by atoms with E-state index in [1.165, 1.54) is 18.1 Å². The van der Waals surface area contributed by atoms with Gasteiger partial charge < -0.3 is 9.72 Å². The maximum Gasteiger partial charge on any atom is 0.308 e. The van der Waals surface area contributed by atoms with Crippen LogP contribution in [0.3, 0.4) is 0 Å². The van der Waals surface area contributed by atoms with E-state index in [4.69, 9.17) is 9.72 Å². The van der Waals surface area contributed by atoms with Crippen LogP contribution in [0.4, 0.5) is 0 Å². The quantitative estimate of drug-likeness (QED) is 0.538. The monoisotopic (exact) mass is 384 g/mol. The molecule has 0 saturated heterocycles. The summed E-state index contributed by atoms with van der Waals surface area (Å²) in [7, 11) is 1.43. The number of nitrogens with zero attached hydrogens (tertiary/aromatic N) is 1. The van der Waals surface area contributed by atoms with E-state index in [0.717, 1.165) is 34.6 Å². The van der Waals surface area contributed by atoms with Crippen LogP contribution in [-0.2, 0) is 22.4 Å². The molecule has 0 bridgehead atoms. The van der Waals surface area contributed by atoms with Gasteiger partial charge in [0.1, 0.15) is 0 Å². The summed E-state index contributed by atoms with van der Waals surface area (Å²) >= 11 is 1.60. The van der Waals surface area contributed by atoms with Gasteiger partial charge in [-0.25, -0.2) is 4.98 Å². The SMILES string of the molecule is CCC(C)(C)Cc1c[nH]c2ccc(-c3csc(C[C@H](C)C(=O)OC)n3)cc12. The van der Waals surface area contributed by atoms with Crippen molar-refractivity contribution in [2.75, 3.05) is 7.11 Å². The summed E-state index contributed by atoms with van der Waals surface area (Å²) in [6.45, 7) is 8.74. The summed E-state index contributed by atoms with van der Waals surface area (Å²) < 4.78 is 4.81. The molecular formula is C22H28N2O2S. The molecule has 27 heavy (non-hydrogen) atoms. The molecular weight excluding hydrogens is 356 g/mol. The summed E-state index contributed by atoms with van der Waals surface area (Å²) in [5, 5.41) is 4.30. The van der Waals surface area contributed by atoms with E-state index in [-0.39, 0.29) is 17.3 Å². The van der Waals surface area contributed by atoms with Gasteiger partial charge in [-0.1, -0.05) is 40.2 Å². The van der Waals surface area contributed by atoms with Gasteiger partial charge in [0.05, 0.1) is 23.7 Å². The van der Waals surface area contributed by atoms with Crippen LogP contribution in [-0.4, -0.2) is 23.0 Å². The van der Waals surface area contributed by atoms with Crippen molar-refractivity contribution < 1.29 is 9.53 Å². The molecule has 0 saturated carbocycles. The maximum atomic E-state index is 11.6. The lowest BCUT2D eigenvalue weighted by molar-refractivity contribution is -0.144. The molecule has 1 aromatic carbocycles. The lowest BCUT2D eigenvalue weighted by Gasteiger charge is -2.22. The average Bonchev–Trinajstić information content (AvgIpc) is 3.27. The van der Waals surface area contributed by atoms with Crippen LogP contribution in [0.1, 0.15) is 44.7 Å². The van der Waals surface area contributed by atoms with Crippen molar-refractivity contribution in [2.24, 2.45) is 11.3 Å². The van der Waals surface area contributed by atoms with Gasteiger partial charge >= 0.3 is 5.97 Å². The van der Waals surface area contributed by atoms with Crippen molar-refractivity contribution in [1.82, 2.24) is 9.97 Å². The Morgan fingerprint density at radius 3 is 2.85 bits per heavy atom. The first-order chi connectivity index (χ1) is 12.8. The van der Waals surface area contributed by atoms with Crippen molar-refractivity contribution in [3.8, 4) is 11.3 Å². The molecule has 3 aromatic rings. The van der Waals surface area contributed by atoms with E-state index in [2.05, 4.69) is 55.5 Å². The maximum absolute atomic E-state index is 11.6. The summed E-state index contributed by atoms with van der Waals surface area (Å²) in [4.78, 5) is 19.8. The molecule has 0 spiro atoms. The Hall–Kier alpha value is -2.14. The minimum absolute atomic E-state index is 0.177. The highest BCUT2D eigenvalue weighted by Gasteiger charge is 2.19. The second-order valence-corrected chi connectivity index (χ2v) is 8.97. The molecule has 0 amide bonds. The highest BCUT2D eigenvalue weighted by Crippen LogP contribution is 2.32. The van der Waals surface area contributed by atoms with Crippen molar-refractivity contribution in [2.45, 2.75) is 47.0 Å². The number of fused-ring (bicyclic) bond motifs is 1. The molecule has 0 fully saturated rings. The van der Waals surface area contributed by atoms with Crippen molar-refractivity contribution in [1.29, 1.82) is 0 Å². The third kappa shape index (κ3) is 4.41. The van der Waals surface area contributed by atoms with Crippen LogP contribution in [0.2, 0.25) is 0 Å². The smallest absolute Gasteiger partial charge is 0.308 e. The lowest BCUT2D eigenvalue weighted by Crippen LogP contribution is -2.14. The number of methoxy groups -OCH3 is 1. The van der Waals surface area contributed by atoms with Crippen molar-refractivity contribution in [3.05, 3.63) is 40.3 Å². The Morgan fingerprint density at radius 2 is 2.15 bits per heavy atom. The fourth-order valence-corrected chi connectivity index (χ4v) is 4.14. The van der Waals surface area contributed by atoms with Gasteiger partial charge in [0.25, 0.3) is 0 Å². The predicted molar refractivity (Wildman–Crippen MR) is 112 cm³/mol. The number of thiazole rings is 1. The molecule has 2 aromatic heterocycles. The number of nitrogens with one attached hydrogen (secondary N) is 1. The Kier molecular flexibility index (Phi) is 5.70. The van der Waals surface area contributed by atoms with E-state index in [1.54, 1.807) is 11.3 Å². The second-order valence-electron chi connectivity index (χ2n) is 8.02. The Morgan fingerprint density at radius 1 is 1.37 bits per heavy atom. The number of ether oxygens (including phenoxy) is 1. The van der Waals surface area contributed by atoms with E-state index < -0.39 is 0 Å². The molecule has 1 N–H and O–H groups in total. The number of H-pyrrole nitrogens is 1. The van der Waals surface area contributed by atoms with Crippen LogP contribution < -0.4 is 0 Å². The van der Waals surface area contributed by atoms with Crippen molar-refractivity contribution in [3.63, 3.8) is 0 Å². The summed E-state index contributed by atoms with van der Waals surface area (Å²) in [6.07, 6.45) is 4.94. The lowest BCUT2D eigenvalue weighted by atomic mass is 9.83. The molecule has 4 nitrogen and oxygen atoms in total. The fourth-order valence-electron chi connectivity index (χ4n) is 3.21. The van der Waals surface area contributed by atoms with Gasteiger partial charge in [0.2, 0.25) is 0 Å². The van der Waals surface area contributed by atoms with Gasteiger partial charge in [-0.2, -0.15) is 0 Å². The van der Waals surface area contributed by atoms with Crippen LogP contribution in [0.15, 0.2) is 29.8 Å². The van der Waals surface area contributed by atoms with Gasteiger partial charge in [0, 0.05) is 34.5 Å². The van der Waals surface area contributed by atoms with Gasteiger partial charge in [-0.05, 0) is 29.5 Å².